The summed E-state index contributed by atoms with van der Waals surface area (Å²) >= 11 is 3.30. The Bertz CT molecular complexity index is 385. The highest BCUT2D eigenvalue weighted by atomic mass is 79.9. The molecule has 0 fully saturated rings. The predicted octanol–water partition coefficient (Wildman–Crippen LogP) is 3.09. The van der Waals surface area contributed by atoms with Crippen molar-refractivity contribution in [3.05, 3.63) is 34.9 Å². The van der Waals surface area contributed by atoms with Crippen LogP contribution in [0, 0.1) is 0 Å². The number of hydrogen-bond donors (Lipinski definition) is 0. The summed E-state index contributed by atoms with van der Waals surface area (Å²) in [6, 6.07) is 5.58. The van der Waals surface area contributed by atoms with Gasteiger partial charge >= 0.3 is 0 Å². The number of benzene rings is 1. The molecule has 1 atom stereocenters. The normalized spacial score (nSPS) is 12.2. The Balaban J connectivity index is 3.22. The van der Waals surface area contributed by atoms with Gasteiger partial charge in [0.1, 0.15) is 12.1 Å². The Labute approximate surface area is 97.8 Å². The Morgan fingerprint density at radius 3 is 2.67 bits per heavy atom. The summed E-state index contributed by atoms with van der Waals surface area (Å²) in [4.78, 5) is 21.7. The molecule has 0 spiro atoms. The minimum Gasteiger partial charge on any atom is -0.298 e. The smallest absolute Gasteiger partial charge is 0.150 e. The van der Waals surface area contributed by atoms with Crippen LogP contribution in [-0.4, -0.2) is 12.1 Å². The highest BCUT2D eigenvalue weighted by Crippen LogP contribution is 2.27. The van der Waals surface area contributed by atoms with E-state index in [1.54, 1.807) is 6.07 Å². The molecule has 1 unspecified atom stereocenters. The van der Waals surface area contributed by atoms with E-state index < -0.39 is 0 Å². The van der Waals surface area contributed by atoms with Crippen molar-refractivity contribution in [3.8, 4) is 0 Å². The highest BCUT2D eigenvalue weighted by molar-refractivity contribution is 9.09. The van der Waals surface area contributed by atoms with Crippen molar-refractivity contribution in [3.63, 3.8) is 0 Å². The number of hydrogen-bond acceptors (Lipinski definition) is 2. The summed E-state index contributed by atoms with van der Waals surface area (Å²) in [5.74, 6) is 0.00588. The lowest BCUT2D eigenvalue weighted by atomic mass is 9.99. The van der Waals surface area contributed by atoms with Gasteiger partial charge in [0.25, 0.3) is 0 Å². The van der Waals surface area contributed by atoms with E-state index in [2.05, 4.69) is 15.9 Å². The van der Waals surface area contributed by atoms with E-state index in [-0.39, 0.29) is 10.6 Å². The summed E-state index contributed by atoms with van der Waals surface area (Å²) in [7, 11) is 0. The maximum atomic E-state index is 11.2. The molecule has 0 bridgehead atoms. The molecule has 80 valence electrons. The summed E-state index contributed by atoms with van der Waals surface area (Å²) in [5, 5.41) is 0. The predicted molar refractivity (Wildman–Crippen MR) is 63.6 cm³/mol. The van der Waals surface area contributed by atoms with E-state index in [4.69, 9.17) is 0 Å². The van der Waals surface area contributed by atoms with Gasteiger partial charge in [-0.25, -0.2) is 0 Å². The van der Waals surface area contributed by atoms with Gasteiger partial charge in [0.2, 0.25) is 0 Å². The van der Waals surface area contributed by atoms with Crippen LogP contribution >= 0.6 is 15.9 Å². The van der Waals surface area contributed by atoms with E-state index in [1.807, 2.05) is 19.1 Å². The molecule has 15 heavy (non-hydrogen) atoms. The molecular formula is C12H13BrO2. The lowest BCUT2D eigenvalue weighted by Gasteiger charge is -2.10. The van der Waals surface area contributed by atoms with Gasteiger partial charge in [0.05, 0.1) is 4.83 Å². The molecule has 0 aliphatic heterocycles. The zero-order valence-electron chi connectivity index (χ0n) is 8.79. The molecule has 0 saturated heterocycles. The standard InChI is InChI=1S/C12H13BrO2/c1-3-9-4-5-10(7-14)11(6-9)12(13)8(2)15/h4-7,12H,3H2,1-2H3. The average Bonchev–Trinajstić information content (AvgIpc) is 2.27. The van der Waals surface area contributed by atoms with Crippen LogP contribution < -0.4 is 0 Å². The van der Waals surface area contributed by atoms with Gasteiger partial charge in [-0.2, -0.15) is 0 Å². The van der Waals surface area contributed by atoms with E-state index in [9.17, 15) is 9.59 Å². The molecule has 0 aromatic heterocycles. The van der Waals surface area contributed by atoms with Crippen LogP contribution in [0.4, 0.5) is 0 Å². The maximum absolute atomic E-state index is 11.2. The second-order valence-corrected chi connectivity index (χ2v) is 4.32. The van der Waals surface area contributed by atoms with Gasteiger partial charge in [-0.05, 0) is 24.5 Å². The minimum atomic E-state index is -0.385. The molecular weight excluding hydrogens is 256 g/mol. The SMILES string of the molecule is CCc1ccc(C=O)c(C(Br)C(C)=O)c1. The lowest BCUT2D eigenvalue weighted by molar-refractivity contribution is -0.116. The first-order chi connectivity index (χ1) is 7.10. The Hall–Kier alpha value is -0.960. The first-order valence-electron chi connectivity index (χ1n) is 4.82. The monoisotopic (exact) mass is 268 g/mol. The molecule has 0 aliphatic rings. The molecule has 0 N–H and O–H groups in total. The molecule has 0 saturated carbocycles. The number of aryl methyl sites for hydroxylation is 1. The molecule has 0 radical (unpaired) electrons. The quantitative estimate of drug-likeness (QED) is 0.621. The molecule has 2 nitrogen and oxygen atoms in total. The fourth-order valence-electron chi connectivity index (χ4n) is 1.39. The number of ketones is 1. The molecule has 0 heterocycles. The molecule has 0 aliphatic carbocycles. The van der Waals surface area contributed by atoms with Gasteiger partial charge in [0.15, 0.2) is 0 Å². The molecule has 1 aromatic carbocycles. The maximum Gasteiger partial charge on any atom is 0.150 e. The highest BCUT2D eigenvalue weighted by Gasteiger charge is 2.16. The van der Waals surface area contributed by atoms with Crippen LogP contribution in [0.5, 0.6) is 0 Å². The molecule has 3 heteroatoms. The van der Waals surface area contributed by atoms with Crippen molar-refractivity contribution in [1.82, 2.24) is 0 Å². The number of alkyl halides is 1. The van der Waals surface area contributed by atoms with Crippen LogP contribution in [0.3, 0.4) is 0 Å². The second-order valence-electron chi connectivity index (χ2n) is 3.41. The number of carbonyl (C=O) groups excluding carboxylic acids is 2. The van der Waals surface area contributed by atoms with Gasteiger partial charge < -0.3 is 0 Å². The first kappa shape index (κ1) is 12.1. The summed E-state index contributed by atoms with van der Waals surface area (Å²) in [6.07, 6.45) is 1.68. The van der Waals surface area contributed by atoms with E-state index in [1.165, 1.54) is 6.92 Å². The van der Waals surface area contributed by atoms with Crippen molar-refractivity contribution in [2.24, 2.45) is 0 Å². The van der Waals surface area contributed by atoms with Gasteiger partial charge in [-0.15, -0.1) is 0 Å². The van der Waals surface area contributed by atoms with Gasteiger partial charge in [-0.1, -0.05) is 41.1 Å². The number of halogens is 1. The van der Waals surface area contributed by atoms with Gasteiger partial charge in [-0.3, -0.25) is 9.59 Å². The van der Waals surface area contributed by atoms with Crippen molar-refractivity contribution in [2.45, 2.75) is 25.1 Å². The zero-order valence-corrected chi connectivity index (χ0v) is 10.4. The average molecular weight is 269 g/mol. The van der Waals surface area contributed by atoms with Gasteiger partial charge in [0, 0.05) is 5.56 Å². The summed E-state index contributed by atoms with van der Waals surface area (Å²) in [6.45, 7) is 3.54. The third-order valence-corrected chi connectivity index (χ3v) is 3.45. The van der Waals surface area contributed by atoms with Crippen LogP contribution in [0.25, 0.3) is 0 Å². The topological polar surface area (TPSA) is 34.1 Å². The Kier molecular flexibility index (Phi) is 4.21. The molecule has 1 aromatic rings. The number of rotatable bonds is 4. The zero-order chi connectivity index (χ0) is 11.4. The second kappa shape index (κ2) is 5.21. The fourth-order valence-corrected chi connectivity index (χ4v) is 1.79. The van der Waals surface area contributed by atoms with Crippen LogP contribution in [-0.2, 0) is 11.2 Å². The minimum absolute atomic E-state index is 0.00588. The fraction of sp³-hybridized carbons (Fsp3) is 0.333. The molecule has 1 rings (SSSR count). The van der Waals surface area contributed by atoms with Crippen LogP contribution in [0.15, 0.2) is 18.2 Å². The van der Waals surface area contributed by atoms with Crippen molar-refractivity contribution in [2.75, 3.05) is 0 Å². The van der Waals surface area contributed by atoms with Crippen LogP contribution in [0.1, 0.15) is 40.2 Å². The largest absolute Gasteiger partial charge is 0.298 e. The van der Waals surface area contributed by atoms with Crippen LogP contribution in [0.2, 0.25) is 0 Å². The van der Waals surface area contributed by atoms with E-state index in [0.29, 0.717) is 5.56 Å². The van der Waals surface area contributed by atoms with E-state index in [0.717, 1.165) is 23.8 Å². The number of carbonyl (C=O) groups is 2. The van der Waals surface area contributed by atoms with Crippen molar-refractivity contribution in [1.29, 1.82) is 0 Å². The number of aldehydes is 1. The van der Waals surface area contributed by atoms with Crippen molar-refractivity contribution >= 4 is 28.0 Å². The molecule has 0 amide bonds. The first-order valence-corrected chi connectivity index (χ1v) is 5.74. The summed E-state index contributed by atoms with van der Waals surface area (Å²) in [5.41, 5.74) is 2.46. The third-order valence-electron chi connectivity index (χ3n) is 2.32. The third kappa shape index (κ3) is 2.75. The lowest BCUT2D eigenvalue weighted by Crippen LogP contribution is -2.05. The van der Waals surface area contributed by atoms with E-state index >= 15 is 0 Å². The van der Waals surface area contributed by atoms with Crippen molar-refractivity contribution < 1.29 is 9.59 Å². The Morgan fingerprint density at radius 1 is 1.53 bits per heavy atom. The number of Topliss-reactive ketones (excluding diaryl/α,β-unsaturated/α-hetero) is 1. The summed E-state index contributed by atoms with van der Waals surface area (Å²) < 4.78 is 0. The Morgan fingerprint density at radius 2 is 2.20 bits per heavy atom.